The fourth-order valence-corrected chi connectivity index (χ4v) is 3.52. The van der Waals surface area contributed by atoms with Gasteiger partial charge in [-0.1, -0.05) is 6.92 Å². The molecule has 0 saturated carbocycles. The SMILES string of the molecule is CCc1ccc(CNC(=O)c2n[nH]c3c2CCCC3)s1. The number of aryl methyl sites for hydroxylation is 2. The number of hydrogen-bond donors (Lipinski definition) is 2. The molecule has 0 saturated heterocycles. The molecule has 2 heterocycles. The van der Waals surface area contributed by atoms with Crippen LogP contribution >= 0.6 is 11.3 Å². The second-order valence-electron chi connectivity index (χ2n) is 5.14. The highest BCUT2D eigenvalue weighted by atomic mass is 32.1. The molecule has 3 rings (SSSR count). The Bertz CT molecular complexity index is 614. The Balaban J connectivity index is 1.66. The molecule has 5 heteroatoms. The van der Waals surface area contributed by atoms with Crippen LogP contribution in [-0.2, 0) is 25.8 Å². The van der Waals surface area contributed by atoms with E-state index in [0.29, 0.717) is 12.2 Å². The number of thiophene rings is 1. The second kappa shape index (κ2) is 5.79. The number of aromatic amines is 1. The smallest absolute Gasteiger partial charge is 0.272 e. The summed E-state index contributed by atoms with van der Waals surface area (Å²) in [7, 11) is 0. The average molecular weight is 289 g/mol. The minimum Gasteiger partial charge on any atom is -0.346 e. The highest BCUT2D eigenvalue weighted by Crippen LogP contribution is 2.22. The minimum absolute atomic E-state index is 0.0594. The van der Waals surface area contributed by atoms with Gasteiger partial charge >= 0.3 is 0 Å². The third kappa shape index (κ3) is 2.63. The Morgan fingerprint density at radius 2 is 2.15 bits per heavy atom. The molecular weight excluding hydrogens is 270 g/mol. The summed E-state index contributed by atoms with van der Waals surface area (Å²) < 4.78 is 0. The van der Waals surface area contributed by atoms with E-state index in [1.165, 1.54) is 16.2 Å². The van der Waals surface area contributed by atoms with Crippen LogP contribution in [0, 0.1) is 0 Å². The number of carbonyl (C=O) groups excluding carboxylic acids is 1. The molecule has 0 spiro atoms. The van der Waals surface area contributed by atoms with Crippen molar-refractivity contribution in [2.45, 2.75) is 45.6 Å². The molecule has 1 aliphatic carbocycles. The van der Waals surface area contributed by atoms with E-state index in [2.05, 4.69) is 34.6 Å². The zero-order valence-corrected chi connectivity index (χ0v) is 12.5. The Hall–Kier alpha value is -1.62. The van der Waals surface area contributed by atoms with Gasteiger partial charge < -0.3 is 5.32 Å². The Morgan fingerprint density at radius 1 is 1.35 bits per heavy atom. The quantitative estimate of drug-likeness (QED) is 0.909. The van der Waals surface area contributed by atoms with Gasteiger partial charge in [0.15, 0.2) is 5.69 Å². The van der Waals surface area contributed by atoms with Gasteiger partial charge in [-0.15, -0.1) is 11.3 Å². The molecule has 0 fully saturated rings. The van der Waals surface area contributed by atoms with E-state index in [-0.39, 0.29) is 5.91 Å². The van der Waals surface area contributed by atoms with Crippen molar-refractivity contribution in [2.75, 3.05) is 0 Å². The van der Waals surface area contributed by atoms with Gasteiger partial charge in [-0.25, -0.2) is 0 Å². The van der Waals surface area contributed by atoms with Crippen molar-refractivity contribution in [3.63, 3.8) is 0 Å². The predicted molar refractivity (Wildman–Crippen MR) is 80.1 cm³/mol. The van der Waals surface area contributed by atoms with E-state index >= 15 is 0 Å². The monoisotopic (exact) mass is 289 g/mol. The number of carbonyl (C=O) groups is 1. The van der Waals surface area contributed by atoms with Crippen LogP contribution in [0.15, 0.2) is 12.1 Å². The number of fused-ring (bicyclic) bond motifs is 1. The number of amides is 1. The van der Waals surface area contributed by atoms with Crippen molar-refractivity contribution in [1.29, 1.82) is 0 Å². The highest BCUT2D eigenvalue weighted by Gasteiger charge is 2.21. The van der Waals surface area contributed by atoms with Crippen molar-refractivity contribution >= 4 is 17.2 Å². The first-order valence-corrected chi connectivity index (χ1v) is 8.01. The van der Waals surface area contributed by atoms with Crippen molar-refractivity contribution in [3.05, 3.63) is 38.8 Å². The molecule has 0 aromatic carbocycles. The topological polar surface area (TPSA) is 57.8 Å². The fourth-order valence-electron chi connectivity index (χ4n) is 2.63. The average Bonchev–Trinajstić information content (AvgIpc) is 3.11. The molecule has 0 atom stereocenters. The van der Waals surface area contributed by atoms with Gasteiger partial charge in [-0.05, 0) is 44.2 Å². The predicted octanol–water partition coefficient (Wildman–Crippen LogP) is 2.84. The minimum atomic E-state index is -0.0594. The number of hydrogen-bond acceptors (Lipinski definition) is 3. The molecule has 1 aliphatic rings. The Labute approximate surface area is 122 Å². The number of aromatic nitrogens is 2. The van der Waals surface area contributed by atoms with Crippen LogP contribution < -0.4 is 5.32 Å². The Kier molecular flexibility index (Phi) is 3.87. The van der Waals surface area contributed by atoms with Crippen LogP contribution in [0.4, 0.5) is 0 Å². The summed E-state index contributed by atoms with van der Waals surface area (Å²) in [6, 6.07) is 4.21. The molecule has 2 aromatic heterocycles. The highest BCUT2D eigenvalue weighted by molar-refractivity contribution is 7.11. The van der Waals surface area contributed by atoms with Crippen LogP contribution in [0.3, 0.4) is 0 Å². The Morgan fingerprint density at radius 3 is 2.95 bits per heavy atom. The third-order valence-corrected chi connectivity index (χ3v) is 4.99. The molecule has 20 heavy (non-hydrogen) atoms. The summed E-state index contributed by atoms with van der Waals surface area (Å²) in [5, 5.41) is 10.2. The maximum Gasteiger partial charge on any atom is 0.272 e. The van der Waals surface area contributed by atoms with E-state index in [9.17, 15) is 4.79 Å². The maximum absolute atomic E-state index is 12.2. The molecule has 2 aromatic rings. The summed E-state index contributed by atoms with van der Waals surface area (Å²) in [6.07, 6.45) is 5.36. The summed E-state index contributed by atoms with van der Waals surface area (Å²) in [5.41, 5.74) is 2.85. The van der Waals surface area contributed by atoms with Gasteiger partial charge in [0, 0.05) is 21.0 Å². The van der Waals surface area contributed by atoms with E-state index < -0.39 is 0 Å². The first kappa shape index (κ1) is 13.4. The third-order valence-electron chi connectivity index (χ3n) is 3.76. The lowest BCUT2D eigenvalue weighted by atomic mass is 9.96. The van der Waals surface area contributed by atoms with Crippen molar-refractivity contribution in [3.8, 4) is 0 Å². The zero-order chi connectivity index (χ0) is 13.9. The lowest BCUT2D eigenvalue weighted by Crippen LogP contribution is -2.24. The maximum atomic E-state index is 12.2. The van der Waals surface area contributed by atoms with E-state index in [1.807, 2.05) is 0 Å². The van der Waals surface area contributed by atoms with Gasteiger partial charge in [0.1, 0.15) is 0 Å². The molecule has 106 valence electrons. The standard InChI is InChI=1S/C15H19N3OS/c1-2-10-7-8-11(20-10)9-16-15(19)14-12-5-3-4-6-13(12)17-18-14/h7-8H,2-6,9H2,1H3,(H,16,19)(H,17,18). The first-order chi connectivity index (χ1) is 9.78. The van der Waals surface area contributed by atoms with E-state index in [0.717, 1.165) is 36.9 Å². The number of rotatable bonds is 4. The van der Waals surface area contributed by atoms with Crippen LogP contribution in [0.5, 0.6) is 0 Å². The van der Waals surface area contributed by atoms with Crippen LogP contribution in [0.2, 0.25) is 0 Å². The molecule has 4 nitrogen and oxygen atoms in total. The largest absolute Gasteiger partial charge is 0.346 e. The van der Waals surface area contributed by atoms with E-state index in [4.69, 9.17) is 0 Å². The van der Waals surface area contributed by atoms with Crippen molar-refractivity contribution < 1.29 is 4.79 Å². The summed E-state index contributed by atoms with van der Waals surface area (Å²) in [6.45, 7) is 2.73. The van der Waals surface area contributed by atoms with E-state index in [1.54, 1.807) is 11.3 Å². The van der Waals surface area contributed by atoms with Gasteiger partial charge in [-0.2, -0.15) is 5.10 Å². The second-order valence-corrected chi connectivity index (χ2v) is 6.39. The molecule has 0 aliphatic heterocycles. The number of H-pyrrole nitrogens is 1. The molecule has 0 bridgehead atoms. The first-order valence-electron chi connectivity index (χ1n) is 7.20. The van der Waals surface area contributed by atoms with Gasteiger partial charge in [0.25, 0.3) is 5.91 Å². The fraction of sp³-hybridized carbons (Fsp3) is 0.467. The molecular formula is C15H19N3OS. The summed E-state index contributed by atoms with van der Waals surface area (Å²) in [4.78, 5) is 14.8. The van der Waals surface area contributed by atoms with Crippen LogP contribution in [-0.4, -0.2) is 16.1 Å². The summed E-state index contributed by atoms with van der Waals surface area (Å²) in [5.74, 6) is -0.0594. The van der Waals surface area contributed by atoms with Gasteiger partial charge in [0.05, 0.1) is 6.54 Å². The van der Waals surface area contributed by atoms with Crippen LogP contribution in [0.25, 0.3) is 0 Å². The lowest BCUT2D eigenvalue weighted by molar-refractivity contribution is 0.0945. The number of nitrogens with one attached hydrogen (secondary N) is 2. The molecule has 0 unspecified atom stereocenters. The van der Waals surface area contributed by atoms with Gasteiger partial charge in [-0.3, -0.25) is 9.89 Å². The summed E-state index contributed by atoms with van der Waals surface area (Å²) >= 11 is 1.76. The zero-order valence-electron chi connectivity index (χ0n) is 11.7. The normalized spacial score (nSPS) is 14.1. The lowest BCUT2D eigenvalue weighted by Gasteiger charge is -2.10. The van der Waals surface area contributed by atoms with Crippen molar-refractivity contribution in [1.82, 2.24) is 15.5 Å². The number of nitrogens with zero attached hydrogens (tertiary/aromatic N) is 1. The van der Waals surface area contributed by atoms with Crippen molar-refractivity contribution in [2.24, 2.45) is 0 Å². The molecule has 2 N–H and O–H groups in total. The molecule has 0 radical (unpaired) electrons. The van der Waals surface area contributed by atoms with Gasteiger partial charge in [0.2, 0.25) is 0 Å². The van der Waals surface area contributed by atoms with Crippen LogP contribution in [0.1, 0.15) is 51.3 Å². The molecule has 1 amide bonds.